The van der Waals surface area contributed by atoms with Crippen LogP contribution < -0.4 is 0 Å². The number of Topliss-reactive ketones (excluding diaryl/α,β-unsaturated/α-hetero) is 2. The summed E-state index contributed by atoms with van der Waals surface area (Å²) in [5.74, 6) is -2.49. The van der Waals surface area contributed by atoms with E-state index in [1.165, 1.54) is 24.3 Å². The summed E-state index contributed by atoms with van der Waals surface area (Å²) in [7, 11) is 0. The van der Waals surface area contributed by atoms with Crippen LogP contribution in [-0.2, 0) is 12.8 Å². The standard InChI is InChI=1S/C22H14F2N2O6/c23-17-5-7-19(25(29)30)15(9-17)11-21(27)13-1-2-14(4-3-13)22(28)12-16-10-18(24)6-8-20(16)26(31)32/h1-10H,11-12H2. The molecule has 0 fully saturated rings. The number of ketones is 2. The van der Waals surface area contributed by atoms with Gasteiger partial charge in [0.15, 0.2) is 11.6 Å². The van der Waals surface area contributed by atoms with Crippen molar-refractivity contribution in [2.24, 2.45) is 0 Å². The van der Waals surface area contributed by atoms with Crippen molar-refractivity contribution in [2.45, 2.75) is 12.8 Å². The van der Waals surface area contributed by atoms with Crippen molar-refractivity contribution in [1.29, 1.82) is 0 Å². The maximum absolute atomic E-state index is 13.5. The topological polar surface area (TPSA) is 120 Å². The van der Waals surface area contributed by atoms with Gasteiger partial charge in [-0.2, -0.15) is 0 Å². The van der Waals surface area contributed by atoms with Crippen LogP contribution in [0.25, 0.3) is 0 Å². The van der Waals surface area contributed by atoms with Gasteiger partial charge in [0.05, 0.1) is 9.85 Å². The number of halogens is 2. The lowest BCUT2D eigenvalue weighted by atomic mass is 9.97. The highest BCUT2D eigenvalue weighted by molar-refractivity contribution is 6.01. The molecule has 0 amide bonds. The molecule has 0 saturated carbocycles. The van der Waals surface area contributed by atoms with Crippen molar-refractivity contribution in [1.82, 2.24) is 0 Å². The van der Waals surface area contributed by atoms with Crippen LogP contribution in [0.3, 0.4) is 0 Å². The molecule has 0 aliphatic carbocycles. The summed E-state index contributed by atoms with van der Waals surface area (Å²) in [6.07, 6.45) is -0.840. The lowest BCUT2D eigenvalue weighted by Crippen LogP contribution is -2.09. The highest BCUT2D eigenvalue weighted by atomic mass is 19.1. The molecule has 0 heterocycles. The van der Waals surface area contributed by atoms with E-state index in [9.17, 15) is 38.6 Å². The number of benzene rings is 3. The molecule has 8 nitrogen and oxygen atoms in total. The third-order valence-corrected chi connectivity index (χ3v) is 4.71. The van der Waals surface area contributed by atoms with E-state index in [0.29, 0.717) is 0 Å². The van der Waals surface area contributed by atoms with Gasteiger partial charge in [-0.25, -0.2) is 8.78 Å². The van der Waals surface area contributed by atoms with Crippen LogP contribution >= 0.6 is 0 Å². The van der Waals surface area contributed by atoms with Crippen LogP contribution in [-0.4, -0.2) is 21.4 Å². The second-order valence-electron chi connectivity index (χ2n) is 6.84. The molecule has 0 aliphatic rings. The predicted molar refractivity (Wildman–Crippen MR) is 109 cm³/mol. The number of rotatable bonds is 8. The summed E-state index contributed by atoms with van der Waals surface area (Å²) in [6.45, 7) is 0. The molecule has 3 aromatic carbocycles. The van der Waals surface area contributed by atoms with Crippen molar-refractivity contribution in [3.05, 3.63) is 115 Å². The minimum atomic E-state index is -0.717. The summed E-state index contributed by atoms with van der Waals surface area (Å²) in [5.41, 5.74) is -0.669. The van der Waals surface area contributed by atoms with Gasteiger partial charge >= 0.3 is 0 Å². The van der Waals surface area contributed by atoms with Gasteiger partial charge in [0, 0.05) is 47.2 Å². The lowest BCUT2D eigenvalue weighted by Gasteiger charge is -2.06. The number of nitro groups is 2. The van der Waals surface area contributed by atoms with Crippen molar-refractivity contribution < 1.29 is 28.2 Å². The second kappa shape index (κ2) is 9.21. The van der Waals surface area contributed by atoms with Crippen molar-refractivity contribution in [2.75, 3.05) is 0 Å². The van der Waals surface area contributed by atoms with Crippen molar-refractivity contribution >= 4 is 22.9 Å². The van der Waals surface area contributed by atoms with Gasteiger partial charge in [-0.3, -0.25) is 29.8 Å². The number of carbonyl (C=O) groups excluding carboxylic acids is 2. The Balaban J connectivity index is 1.77. The molecule has 0 spiro atoms. The Hall–Kier alpha value is -4.34. The fourth-order valence-corrected chi connectivity index (χ4v) is 3.14. The van der Waals surface area contributed by atoms with Gasteiger partial charge < -0.3 is 0 Å². The maximum atomic E-state index is 13.5. The molecule has 0 unspecified atom stereocenters. The third-order valence-electron chi connectivity index (χ3n) is 4.71. The fraction of sp³-hybridized carbons (Fsp3) is 0.0909. The molecule has 0 saturated heterocycles. The Morgan fingerprint density at radius 1 is 0.656 bits per heavy atom. The Bertz CT molecular complexity index is 1150. The molecular formula is C22H14F2N2O6. The second-order valence-corrected chi connectivity index (χ2v) is 6.84. The summed E-state index contributed by atoms with van der Waals surface area (Å²) in [5, 5.41) is 22.2. The zero-order chi connectivity index (χ0) is 23.4. The first-order valence-electron chi connectivity index (χ1n) is 9.18. The normalized spacial score (nSPS) is 10.6. The number of hydrogen-bond donors (Lipinski definition) is 0. The van der Waals surface area contributed by atoms with Crippen LogP contribution in [0, 0.1) is 31.9 Å². The average molecular weight is 440 g/mol. The van der Waals surface area contributed by atoms with Crippen molar-refractivity contribution in [3.8, 4) is 0 Å². The molecule has 0 aromatic heterocycles. The van der Waals surface area contributed by atoms with Crippen LogP contribution in [0.5, 0.6) is 0 Å². The van der Waals surface area contributed by atoms with Gasteiger partial charge in [-0.15, -0.1) is 0 Å². The summed E-state index contributed by atoms with van der Waals surface area (Å²) in [6, 6.07) is 10.9. The Labute approximate surface area is 179 Å². The van der Waals surface area contributed by atoms with E-state index in [-0.39, 0.29) is 33.6 Å². The number of nitrogens with zero attached hydrogens (tertiary/aromatic N) is 2. The molecule has 0 atom stereocenters. The Kier molecular flexibility index (Phi) is 6.43. The maximum Gasteiger partial charge on any atom is 0.273 e. The molecule has 32 heavy (non-hydrogen) atoms. The van der Waals surface area contributed by atoms with Gasteiger partial charge in [0.25, 0.3) is 11.4 Å². The average Bonchev–Trinajstić information content (AvgIpc) is 2.73. The van der Waals surface area contributed by atoms with Crippen LogP contribution in [0.2, 0.25) is 0 Å². The van der Waals surface area contributed by atoms with Gasteiger partial charge in [0.2, 0.25) is 0 Å². The molecule has 3 aromatic rings. The number of carbonyl (C=O) groups is 2. The van der Waals surface area contributed by atoms with E-state index in [1.807, 2.05) is 0 Å². The van der Waals surface area contributed by atoms with E-state index in [2.05, 4.69) is 0 Å². The molecule has 0 aliphatic heterocycles. The first-order chi connectivity index (χ1) is 15.2. The largest absolute Gasteiger partial charge is 0.294 e. The van der Waals surface area contributed by atoms with Crippen LogP contribution in [0.4, 0.5) is 20.2 Å². The number of nitro benzene ring substituents is 2. The lowest BCUT2D eigenvalue weighted by molar-refractivity contribution is -0.385. The van der Waals surface area contributed by atoms with Gasteiger partial charge in [0.1, 0.15) is 11.6 Å². The van der Waals surface area contributed by atoms with E-state index in [0.717, 1.165) is 36.4 Å². The van der Waals surface area contributed by atoms with E-state index >= 15 is 0 Å². The van der Waals surface area contributed by atoms with E-state index in [1.54, 1.807) is 0 Å². The quantitative estimate of drug-likeness (QED) is 0.286. The zero-order valence-corrected chi connectivity index (χ0v) is 16.3. The fourth-order valence-electron chi connectivity index (χ4n) is 3.14. The van der Waals surface area contributed by atoms with Gasteiger partial charge in [-0.05, 0) is 24.3 Å². The smallest absolute Gasteiger partial charge is 0.273 e. The van der Waals surface area contributed by atoms with E-state index < -0.39 is 45.9 Å². The zero-order valence-electron chi connectivity index (χ0n) is 16.3. The summed E-state index contributed by atoms with van der Waals surface area (Å²) in [4.78, 5) is 45.7. The Morgan fingerprint density at radius 3 is 1.31 bits per heavy atom. The molecular weight excluding hydrogens is 426 g/mol. The molecule has 10 heteroatoms. The summed E-state index contributed by atoms with van der Waals surface area (Å²) < 4.78 is 26.9. The van der Waals surface area contributed by atoms with Gasteiger partial charge in [-0.1, -0.05) is 24.3 Å². The SMILES string of the molecule is O=C(Cc1cc(F)ccc1[N+](=O)[O-])c1ccc(C(=O)Cc2cc(F)ccc2[N+](=O)[O-])cc1. The van der Waals surface area contributed by atoms with Crippen molar-refractivity contribution in [3.63, 3.8) is 0 Å². The van der Waals surface area contributed by atoms with Crippen LogP contribution in [0.15, 0.2) is 60.7 Å². The number of hydrogen-bond acceptors (Lipinski definition) is 6. The third kappa shape index (κ3) is 5.04. The Morgan fingerprint density at radius 2 is 1.00 bits per heavy atom. The molecule has 3 rings (SSSR count). The highest BCUT2D eigenvalue weighted by Gasteiger charge is 2.20. The first kappa shape index (κ1) is 22.3. The molecule has 0 N–H and O–H groups in total. The molecule has 162 valence electrons. The molecule has 0 radical (unpaired) electrons. The van der Waals surface area contributed by atoms with E-state index in [4.69, 9.17) is 0 Å². The predicted octanol–water partition coefficient (Wildman–Crippen LogP) is 4.63. The van der Waals surface area contributed by atoms with Crippen LogP contribution in [0.1, 0.15) is 31.8 Å². The first-order valence-corrected chi connectivity index (χ1v) is 9.18. The monoisotopic (exact) mass is 440 g/mol. The minimum absolute atomic E-state index is 0.0847. The molecule has 0 bridgehead atoms. The highest BCUT2D eigenvalue weighted by Crippen LogP contribution is 2.23. The minimum Gasteiger partial charge on any atom is -0.294 e. The summed E-state index contributed by atoms with van der Waals surface area (Å²) >= 11 is 0.